The first-order valence-electron chi connectivity index (χ1n) is 9.69. The maximum Gasteiger partial charge on any atom is 0.253 e. The number of carbonyl (C=O) groups excluding carboxylic acids is 1. The van der Waals surface area contributed by atoms with Crippen LogP contribution in [0.25, 0.3) is 0 Å². The number of aromatic nitrogens is 2. The quantitative estimate of drug-likeness (QED) is 0.880. The Morgan fingerprint density at radius 2 is 1.86 bits per heavy atom. The van der Waals surface area contributed by atoms with E-state index in [2.05, 4.69) is 21.4 Å². The highest BCUT2D eigenvalue weighted by atomic mass is 16.5. The van der Waals surface area contributed by atoms with Gasteiger partial charge in [0.15, 0.2) is 0 Å². The lowest BCUT2D eigenvalue weighted by Crippen LogP contribution is -2.44. The minimum Gasteiger partial charge on any atom is -0.376 e. The molecule has 2 aliphatic rings. The molecule has 0 unspecified atom stereocenters. The first-order chi connectivity index (χ1) is 13.7. The van der Waals surface area contributed by atoms with Crippen LogP contribution in [-0.2, 0) is 4.74 Å². The molecular formula is C21H23N5O2. The van der Waals surface area contributed by atoms with Gasteiger partial charge in [-0.15, -0.1) is 0 Å². The summed E-state index contributed by atoms with van der Waals surface area (Å²) in [4.78, 5) is 23.1. The first kappa shape index (κ1) is 18.4. The van der Waals surface area contributed by atoms with Gasteiger partial charge < -0.3 is 15.0 Å². The first-order valence-corrected chi connectivity index (χ1v) is 9.69. The molecule has 2 aromatic rings. The molecule has 0 saturated carbocycles. The van der Waals surface area contributed by atoms with Gasteiger partial charge in [-0.05, 0) is 55.5 Å². The van der Waals surface area contributed by atoms with E-state index in [4.69, 9.17) is 10.00 Å². The van der Waals surface area contributed by atoms with Crippen molar-refractivity contribution >= 4 is 11.9 Å². The minimum atomic E-state index is 0.0302. The van der Waals surface area contributed by atoms with Gasteiger partial charge in [0, 0.05) is 37.7 Å². The molecule has 7 heteroatoms. The second-order valence-electron chi connectivity index (χ2n) is 7.27. The van der Waals surface area contributed by atoms with E-state index in [1.54, 1.807) is 42.7 Å². The summed E-state index contributed by atoms with van der Waals surface area (Å²) in [6.45, 7) is 2.18. The number of hydrogen-bond donors (Lipinski definition) is 1. The second kappa shape index (κ2) is 8.36. The van der Waals surface area contributed by atoms with E-state index in [1.165, 1.54) is 0 Å². The predicted octanol–water partition coefficient (Wildman–Crippen LogP) is 2.47. The van der Waals surface area contributed by atoms with Crippen LogP contribution in [0.1, 0.15) is 35.2 Å². The fraction of sp³-hybridized carbons (Fsp3) is 0.429. The van der Waals surface area contributed by atoms with Gasteiger partial charge in [0.05, 0.1) is 23.8 Å². The van der Waals surface area contributed by atoms with Gasteiger partial charge in [-0.25, -0.2) is 9.97 Å². The third-order valence-corrected chi connectivity index (χ3v) is 5.57. The molecule has 0 aliphatic carbocycles. The molecule has 3 heterocycles. The Morgan fingerprint density at radius 3 is 2.54 bits per heavy atom. The highest BCUT2D eigenvalue weighted by Crippen LogP contribution is 2.31. The molecule has 1 amide bonds. The summed E-state index contributed by atoms with van der Waals surface area (Å²) in [5.41, 5.74) is 1.20. The average Bonchev–Trinajstić information content (AvgIpc) is 3.22. The Hall–Kier alpha value is -2.98. The van der Waals surface area contributed by atoms with Crippen molar-refractivity contribution in [1.82, 2.24) is 14.9 Å². The van der Waals surface area contributed by atoms with Crippen molar-refractivity contribution in [3.63, 3.8) is 0 Å². The lowest BCUT2D eigenvalue weighted by atomic mass is 9.87. The number of likely N-dealkylation sites (tertiary alicyclic amines) is 1. The topological polar surface area (TPSA) is 91.1 Å². The largest absolute Gasteiger partial charge is 0.376 e. The third-order valence-electron chi connectivity index (χ3n) is 5.57. The van der Waals surface area contributed by atoms with Crippen LogP contribution in [0.4, 0.5) is 5.95 Å². The van der Waals surface area contributed by atoms with E-state index in [0.717, 1.165) is 39.0 Å². The van der Waals surface area contributed by atoms with E-state index in [9.17, 15) is 4.79 Å². The second-order valence-corrected chi connectivity index (χ2v) is 7.27. The molecular weight excluding hydrogens is 354 g/mol. The number of anilines is 1. The maximum atomic E-state index is 12.7. The van der Waals surface area contributed by atoms with E-state index in [-0.39, 0.29) is 18.1 Å². The number of hydrogen-bond acceptors (Lipinski definition) is 6. The van der Waals surface area contributed by atoms with E-state index >= 15 is 0 Å². The van der Waals surface area contributed by atoms with Gasteiger partial charge >= 0.3 is 0 Å². The molecule has 144 valence electrons. The van der Waals surface area contributed by atoms with Gasteiger partial charge in [-0.2, -0.15) is 5.26 Å². The van der Waals surface area contributed by atoms with Crippen LogP contribution in [0.3, 0.4) is 0 Å². The van der Waals surface area contributed by atoms with Crippen molar-refractivity contribution in [2.75, 3.05) is 25.0 Å². The molecule has 0 radical (unpaired) electrons. The van der Waals surface area contributed by atoms with E-state index in [0.29, 0.717) is 23.0 Å². The zero-order valence-electron chi connectivity index (χ0n) is 15.6. The molecule has 2 aliphatic heterocycles. The van der Waals surface area contributed by atoms with Crippen LogP contribution in [-0.4, -0.2) is 52.6 Å². The summed E-state index contributed by atoms with van der Waals surface area (Å²) in [6, 6.07) is 10.9. The highest BCUT2D eigenvalue weighted by Gasteiger charge is 2.37. The van der Waals surface area contributed by atoms with Crippen LogP contribution in [0.15, 0.2) is 42.7 Å². The summed E-state index contributed by atoms with van der Waals surface area (Å²) in [7, 11) is 0. The Kier molecular flexibility index (Phi) is 5.49. The van der Waals surface area contributed by atoms with Crippen molar-refractivity contribution in [3.05, 3.63) is 53.9 Å². The fourth-order valence-electron chi connectivity index (χ4n) is 4.07. The Morgan fingerprint density at radius 1 is 1.14 bits per heavy atom. The molecule has 4 rings (SSSR count). The summed E-state index contributed by atoms with van der Waals surface area (Å²) in [6.07, 6.45) is 6.35. The van der Waals surface area contributed by atoms with Gasteiger partial charge in [-0.1, -0.05) is 0 Å². The van der Waals surface area contributed by atoms with Gasteiger partial charge in [0.1, 0.15) is 0 Å². The molecule has 28 heavy (non-hydrogen) atoms. The molecule has 0 spiro atoms. The van der Waals surface area contributed by atoms with Gasteiger partial charge in [0.2, 0.25) is 5.95 Å². The van der Waals surface area contributed by atoms with Gasteiger partial charge in [-0.3, -0.25) is 4.79 Å². The third kappa shape index (κ3) is 3.97. The van der Waals surface area contributed by atoms with Crippen molar-refractivity contribution in [1.29, 1.82) is 5.26 Å². The minimum absolute atomic E-state index is 0.0302. The molecule has 1 aromatic carbocycles. The highest BCUT2D eigenvalue weighted by molar-refractivity contribution is 5.94. The maximum absolute atomic E-state index is 12.7. The number of piperidine rings is 1. The average molecular weight is 377 g/mol. The van der Waals surface area contributed by atoms with Gasteiger partial charge in [0.25, 0.3) is 5.91 Å². The standard InChI is InChI=1S/C21H23N5O2/c22-14-15-2-4-17(5-3-15)20(27)26-11-6-16(7-12-26)19-18(8-13-28-19)25-21-23-9-1-10-24-21/h1-5,9-10,16,18-19H,6-8,11-13H2,(H,23,24,25)/t18-,19+/m1/s1. The Balaban J connectivity index is 1.34. The van der Waals surface area contributed by atoms with Crippen LogP contribution >= 0.6 is 0 Å². The summed E-state index contributed by atoms with van der Waals surface area (Å²) < 4.78 is 6.03. The van der Waals surface area contributed by atoms with Crippen molar-refractivity contribution in [2.24, 2.45) is 5.92 Å². The van der Waals surface area contributed by atoms with Crippen molar-refractivity contribution in [3.8, 4) is 6.07 Å². The summed E-state index contributed by atoms with van der Waals surface area (Å²) in [5.74, 6) is 1.08. The lowest BCUT2D eigenvalue weighted by Gasteiger charge is -2.36. The smallest absolute Gasteiger partial charge is 0.253 e. The van der Waals surface area contributed by atoms with Crippen molar-refractivity contribution in [2.45, 2.75) is 31.4 Å². The Bertz CT molecular complexity index is 841. The molecule has 2 fully saturated rings. The number of carbonyl (C=O) groups is 1. The van der Waals surface area contributed by atoms with Crippen LogP contribution in [0, 0.1) is 17.2 Å². The fourth-order valence-corrected chi connectivity index (χ4v) is 4.07. The Labute approximate surface area is 164 Å². The lowest BCUT2D eigenvalue weighted by molar-refractivity contribution is 0.0260. The molecule has 1 aromatic heterocycles. The normalized spacial score (nSPS) is 22.6. The van der Waals surface area contributed by atoms with Crippen LogP contribution < -0.4 is 5.32 Å². The number of nitrogens with one attached hydrogen (secondary N) is 1. The SMILES string of the molecule is N#Cc1ccc(C(=O)N2CCC([C@@H]3OCC[C@H]3Nc3ncccn3)CC2)cc1. The number of nitrogens with zero attached hydrogens (tertiary/aromatic N) is 4. The molecule has 0 bridgehead atoms. The van der Waals surface area contributed by atoms with Crippen LogP contribution in [0.2, 0.25) is 0 Å². The molecule has 2 saturated heterocycles. The zero-order chi connectivity index (χ0) is 19.3. The summed E-state index contributed by atoms with van der Waals surface area (Å²) in [5, 5.41) is 12.3. The van der Waals surface area contributed by atoms with Crippen LogP contribution in [0.5, 0.6) is 0 Å². The molecule has 7 nitrogen and oxygen atoms in total. The zero-order valence-corrected chi connectivity index (χ0v) is 15.6. The number of amides is 1. The number of ether oxygens (including phenoxy) is 1. The number of nitriles is 1. The van der Waals surface area contributed by atoms with Crippen molar-refractivity contribution < 1.29 is 9.53 Å². The monoisotopic (exact) mass is 377 g/mol. The number of benzene rings is 1. The number of rotatable bonds is 4. The van der Waals surface area contributed by atoms with E-state index in [1.807, 2.05) is 4.90 Å². The molecule has 1 N–H and O–H groups in total. The predicted molar refractivity (Wildman–Crippen MR) is 104 cm³/mol. The summed E-state index contributed by atoms with van der Waals surface area (Å²) >= 11 is 0. The molecule has 2 atom stereocenters. The van der Waals surface area contributed by atoms with E-state index < -0.39 is 0 Å².